The van der Waals surface area contributed by atoms with Crippen LogP contribution in [0.5, 0.6) is 0 Å². The predicted octanol–water partition coefficient (Wildman–Crippen LogP) is 9.00. The first kappa shape index (κ1) is 33.3. The zero-order valence-electron chi connectivity index (χ0n) is 28.5. The smallest absolute Gasteiger partial charge is 0.231 e. The molecule has 1 aromatic rings. The molecule has 0 bridgehead atoms. The van der Waals surface area contributed by atoms with Crippen LogP contribution < -0.4 is 14.7 Å². The first-order valence-corrected chi connectivity index (χ1v) is 18.5. The maximum atomic E-state index is 5.22. The summed E-state index contributed by atoms with van der Waals surface area (Å²) in [6.45, 7) is 20.7. The normalized spacial score (nSPS) is 22.0. The summed E-state index contributed by atoms with van der Waals surface area (Å²) in [5, 5.41) is 0. The Kier molecular flexibility index (Phi) is 13.5. The first-order chi connectivity index (χ1) is 20.5. The Bertz CT molecular complexity index is 883. The molecule has 6 heteroatoms. The van der Waals surface area contributed by atoms with Gasteiger partial charge >= 0.3 is 0 Å². The van der Waals surface area contributed by atoms with Crippen LogP contribution in [0, 0.1) is 35.5 Å². The Morgan fingerprint density at radius 1 is 0.524 bits per heavy atom. The van der Waals surface area contributed by atoms with Gasteiger partial charge in [-0.15, -0.1) is 0 Å². The molecule has 0 radical (unpaired) electrons. The van der Waals surface area contributed by atoms with Crippen molar-refractivity contribution in [3.63, 3.8) is 0 Å². The topological polar surface area (TPSA) is 48.4 Å². The molecule has 4 rings (SSSR count). The Labute approximate surface area is 259 Å². The molecule has 6 nitrogen and oxygen atoms in total. The predicted molar refractivity (Wildman–Crippen MR) is 181 cm³/mol. The number of rotatable bonds is 15. The van der Waals surface area contributed by atoms with E-state index in [1.807, 2.05) is 0 Å². The Hall–Kier alpha value is -1.59. The van der Waals surface area contributed by atoms with Gasteiger partial charge in [-0.25, -0.2) is 0 Å². The van der Waals surface area contributed by atoms with E-state index in [0.29, 0.717) is 0 Å². The lowest BCUT2D eigenvalue weighted by Gasteiger charge is -2.39. The highest BCUT2D eigenvalue weighted by Crippen LogP contribution is 2.36. The Morgan fingerprint density at radius 3 is 1.31 bits per heavy atom. The molecule has 0 amide bonds. The van der Waals surface area contributed by atoms with Gasteiger partial charge in [0.1, 0.15) is 0 Å². The van der Waals surface area contributed by atoms with Crippen LogP contribution in [0.2, 0.25) is 0 Å². The summed E-state index contributed by atoms with van der Waals surface area (Å²) in [6, 6.07) is 0. The van der Waals surface area contributed by atoms with Gasteiger partial charge in [-0.3, -0.25) is 0 Å². The van der Waals surface area contributed by atoms with Crippen molar-refractivity contribution in [1.29, 1.82) is 0 Å². The van der Waals surface area contributed by atoms with Gasteiger partial charge in [-0.2, -0.15) is 15.0 Å². The van der Waals surface area contributed by atoms with E-state index in [1.165, 1.54) is 96.3 Å². The van der Waals surface area contributed by atoms with Gasteiger partial charge in [0.2, 0.25) is 17.8 Å². The molecule has 0 aliphatic carbocycles. The van der Waals surface area contributed by atoms with Crippen molar-refractivity contribution >= 4 is 17.8 Å². The van der Waals surface area contributed by atoms with Crippen LogP contribution in [0.3, 0.4) is 0 Å². The van der Waals surface area contributed by atoms with Crippen LogP contribution in [0.15, 0.2) is 0 Å². The van der Waals surface area contributed by atoms with Crippen molar-refractivity contribution in [2.24, 2.45) is 35.5 Å². The van der Waals surface area contributed by atoms with Gasteiger partial charge in [0.15, 0.2) is 0 Å². The van der Waals surface area contributed by atoms with E-state index in [4.69, 9.17) is 15.0 Å². The molecule has 3 unspecified atom stereocenters. The highest BCUT2D eigenvalue weighted by molar-refractivity contribution is 5.47. The lowest BCUT2D eigenvalue weighted by molar-refractivity contribution is 0.239. The fourth-order valence-electron chi connectivity index (χ4n) is 8.51. The number of hydrogen-bond donors (Lipinski definition) is 0. The van der Waals surface area contributed by atoms with Gasteiger partial charge in [0, 0.05) is 39.3 Å². The van der Waals surface area contributed by atoms with E-state index in [-0.39, 0.29) is 0 Å². The number of piperidine rings is 3. The van der Waals surface area contributed by atoms with Crippen molar-refractivity contribution in [2.75, 3.05) is 54.0 Å². The van der Waals surface area contributed by atoms with E-state index in [1.54, 1.807) is 0 Å². The quantitative estimate of drug-likeness (QED) is 0.206. The van der Waals surface area contributed by atoms with Gasteiger partial charge in [-0.1, -0.05) is 99.3 Å². The molecule has 3 aliphatic rings. The van der Waals surface area contributed by atoms with E-state index >= 15 is 0 Å². The van der Waals surface area contributed by atoms with Crippen LogP contribution in [0.1, 0.15) is 138 Å². The summed E-state index contributed by atoms with van der Waals surface area (Å²) in [5.41, 5.74) is 0. The van der Waals surface area contributed by atoms with Crippen molar-refractivity contribution in [3.05, 3.63) is 0 Å². The molecular weight excluding hydrogens is 516 g/mol. The summed E-state index contributed by atoms with van der Waals surface area (Å²) < 4.78 is 0. The second kappa shape index (κ2) is 17.0. The molecule has 3 saturated heterocycles. The van der Waals surface area contributed by atoms with Crippen molar-refractivity contribution in [2.45, 2.75) is 138 Å². The average molecular weight is 583 g/mol. The fraction of sp³-hybridized carbons (Fsp3) is 0.917. The van der Waals surface area contributed by atoms with Gasteiger partial charge in [0.25, 0.3) is 0 Å². The minimum Gasteiger partial charge on any atom is -0.341 e. The summed E-state index contributed by atoms with van der Waals surface area (Å²) in [6.07, 6.45) is 19.7. The van der Waals surface area contributed by atoms with Gasteiger partial charge in [0.05, 0.1) is 0 Å². The third-order valence-electron chi connectivity index (χ3n) is 11.6. The minimum atomic E-state index is 0.813. The van der Waals surface area contributed by atoms with E-state index in [2.05, 4.69) is 56.2 Å². The van der Waals surface area contributed by atoms with Crippen LogP contribution in [-0.4, -0.2) is 54.2 Å². The molecule has 3 fully saturated rings. The van der Waals surface area contributed by atoms with Crippen molar-refractivity contribution in [1.82, 2.24) is 15.0 Å². The van der Waals surface area contributed by atoms with E-state index in [9.17, 15) is 0 Å². The Balaban J connectivity index is 1.49. The van der Waals surface area contributed by atoms with Gasteiger partial charge in [-0.05, 0) is 74.0 Å². The summed E-state index contributed by atoms with van der Waals surface area (Å²) in [7, 11) is 0. The van der Waals surface area contributed by atoms with Crippen molar-refractivity contribution in [3.8, 4) is 0 Å². The zero-order valence-corrected chi connectivity index (χ0v) is 28.5. The molecule has 4 heterocycles. The van der Waals surface area contributed by atoms with Crippen LogP contribution in [0.25, 0.3) is 0 Å². The lowest BCUT2D eigenvalue weighted by atomic mass is 9.79. The second-order valence-electron chi connectivity index (χ2n) is 14.2. The molecule has 3 atom stereocenters. The number of hydrogen-bond acceptors (Lipinski definition) is 6. The SMILES string of the molecule is CCCCC(CCC)C1CCN(c2nc(N3CCC(C(C)CC)CC3)nc(N3CCC(C(CC)CCC)CC3)n2)CC1. The van der Waals surface area contributed by atoms with E-state index in [0.717, 1.165) is 92.6 Å². The van der Waals surface area contributed by atoms with Crippen molar-refractivity contribution < 1.29 is 0 Å². The Morgan fingerprint density at radius 2 is 0.929 bits per heavy atom. The van der Waals surface area contributed by atoms with E-state index < -0.39 is 0 Å². The molecule has 3 aliphatic heterocycles. The second-order valence-corrected chi connectivity index (χ2v) is 14.2. The number of aromatic nitrogens is 3. The third-order valence-corrected chi connectivity index (χ3v) is 11.6. The fourth-order valence-corrected chi connectivity index (χ4v) is 8.51. The molecule has 0 saturated carbocycles. The molecule has 0 aromatic carbocycles. The van der Waals surface area contributed by atoms with Crippen LogP contribution >= 0.6 is 0 Å². The van der Waals surface area contributed by atoms with Crippen LogP contribution in [-0.2, 0) is 0 Å². The summed E-state index contributed by atoms with van der Waals surface area (Å²) in [4.78, 5) is 23.1. The molecule has 42 heavy (non-hydrogen) atoms. The third kappa shape index (κ3) is 8.74. The zero-order chi connectivity index (χ0) is 29.9. The molecular formula is C36H66N6. The number of unbranched alkanes of at least 4 members (excludes halogenated alkanes) is 1. The molecule has 1 aromatic heterocycles. The monoisotopic (exact) mass is 583 g/mol. The molecule has 0 N–H and O–H groups in total. The maximum Gasteiger partial charge on any atom is 0.231 e. The lowest BCUT2D eigenvalue weighted by Crippen LogP contribution is -2.41. The minimum absolute atomic E-state index is 0.813. The average Bonchev–Trinajstić information content (AvgIpc) is 3.05. The maximum absolute atomic E-state index is 5.22. The largest absolute Gasteiger partial charge is 0.341 e. The first-order valence-electron chi connectivity index (χ1n) is 18.5. The van der Waals surface area contributed by atoms with Gasteiger partial charge < -0.3 is 14.7 Å². The summed E-state index contributed by atoms with van der Waals surface area (Å²) >= 11 is 0. The van der Waals surface area contributed by atoms with Crippen LogP contribution in [0.4, 0.5) is 17.8 Å². The number of anilines is 3. The highest BCUT2D eigenvalue weighted by atomic mass is 15.4. The number of nitrogens with zero attached hydrogens (tertiary/aromatic N) is 6. The molecule has 0 spiro atoms. The highest BCUT2D eigenvalue weighted by Gasteiger charge is 2.31. The molecule has 240 valence electrons. The standard InChI is InChI=1S/C36H66N6/c1-7-12-15-31(14-9-3)33-20-26-42(27-21-33)36-38-34(40-22-16-30(17-23-40)28(6)10-4)37-35(39-36)41-24-18-32(19-25-41)29(11-5)13-8-2/h28-33H,7-27H2,1-6H3. The summed E-state index contributed by atoms with van der Waals surface area (Å²) in [5.74, 6) is 7.96.